The van der Waals surface area contributed by atoms with Gasteiger partial charge in [-0.2, -0.15) is 0 Å². The predicted octanol–water partition coefficient (Wildman–Crippen LogP) is 3.76. The Hall–Kier alpha value is -1.70. The third kappa shape index (κ3) is 5.18. The van der Waals surface area contributed by atoms with Crippen LogP contribution < -0.4 is 10.5 Å². The van der Waals surface area contributed by atoms with Gasteiger partial charge in [0.05, 0.1) is 22.0 Å². The molecule has 1 heterocycles. The maximum Gasteiger partial charge on any atom is 0.410 e. The number of hydrogen-bond acceptors (Lipinski definition) is 5. The lowest BCUT2D eigenvalue weighted by Crippen LogP contribution is -2.37. The van der Waals surface area contributed by atoms with Crippen molar-refractivity contribution in [2.75, 3.05) is 20.4 Å². The Kier molecular flexibility index (Phi) is 6.83. The summed E-state index contributed by atoms with van der Waals surface area (Å²) in [6.07, 6.45) is -0.275. The largest absolute Gasteiger partial charge is 0.467 e. The first-order chi connectivity index (χ1) is 12.5. The van der Waals surface area contributed by atoms with Crippen molar-refractivity contribution >= 4 is 35.2 Å². The Morgan fingerprint density at radius 1 is 1.30 bits per heavy atom. The molecule has 1 aliphatic rings. The van der Waals surface area contributed by atoms with Crippen molar-refractivity contribution in [2.45, 2.75) is 38.8 Å². The number of rotatable bonds is 5. The third-order valence-electron chi connectivity index (χ3n) is 4.09. The highest BCUT2D eigenvalue weighted by Crippen LogP contribution is 2.45. The molecule has 1 saturated heterocycles. The second kappa shape index (κ2) is 8.54. The number of carbonyl (C=O) groups is 2. The van der Waals surface area contributed by atoms with Gasteiger partial charge in [0.1, 0.15) is 11.4 Å². The summed E-state index contributed by atoms with van der Waals surface area (Å²) in [5.41, 5.74) is 5.29. The zero-order chi connectivity index (χ0) is 20.4. The van der Waals surface area contributed by atoms with Gasteiger partial charge in [0.2, 0.25) is 5.91 Å². The number of ether oxygens (including phenoxy) is 3. The van der Waals surface area contributed by atoms with Gasteiger partial charge in [-0.05, 0) is 39.3 Å². The Labute approximate surface area is 168 Å². The monoisotopic (exact) mass is 418 g/mol. The molecular weight excluding hydrogens is 395 g/mol. The molecule has 1 fully saturated rings. The normalized spacial score (nSPS) is 19.9. The van der Waals surface area contributed by atoms with Crippen LogP contribution in [0.5, 0.6) is 5.75 Å². The highest BCUT2D eigenvalue weighted by atomic mass is 35.5. The zero-order valence-corrected chi connectivity index (χ0v) is 17.3. The summed E-state index contributed by atoms with van der Waals surface area (Å²) in [7, 11) is 1.49. The molecule has 1 aromatic carbocycles. The highest BCUT2D eigenvalue weighted by molar-refractivity contribution is 6.42. The van der Waals surface area contributed by atoms with Gasteiger partial charge in [0.25, 0.3) is 0 Å². The van der Waals surface area contributed by atoms with Crippen LogP contribution in [0.25, 0.3) is 0 Å². The molecule has 0 unspecified atom stereocenters. The number of benzene rings is 1. The summed E-state index contributed by atoms with van der Waals surface area (Å²) in [6, 6.07) is 2.67. The van der Waals surface area contributed by atoms with Crippen LogP contribution in [0.2, 0.25) is 10.0 Å². The molecular formula is C18H24Cl2N2O5. The lowest BCUT2D eigenvalue weighted by molar-refractivity contribution is -0.121. The Morgan fingerprint density at radius 2 is 1.96 bits per heavy atom. The molecule has 0 aromatic heterocycles. The van der Waals surface area contributed by atoms with Gasteiger partial charge in [0.15, 0.2) is 6.79 Å². The van der Waals surface area contributed by atoms with Crippen molar-refractivity contribution in [1.82, 2.24) is 4.90 Å². The summed E-state index contributed by atoms with van der Waals surface area (Å²) < 4.78 is 16.0. The molecule has 2 atom stereocenters. The van der Waals surface area contributed by atoms with Crippen LogP contribution in [0.15, 0.2) is 12.1 Å². The number of primary amides is 1. The molecule has 1 aliphatic heterocycles. The quantitative estimate of drug-likeness (QED) is 0.734. The molecule has 27 heavy (non-hydrogen) atoms. The fourth-order valence-corrected chi connectivity index (χ4v) is 3.39. The number of hydrogen-bond donors (Lipinski definition) is 1. The first kappa shape index (κ1) is 21.6. The van der Waals surface area contributed by atoms with Gasteiger partial charge in [-0.15, -0.1) is 0 Å². The maximum atomic E-state index is 12.7. The van der Waals surface area contributed by atoms with Crippen molar-refractivity contribution in [1.29, 1.82) is 0 Å². The van der Waals surface area contributed by atoms with E-state index in [-0.39, 0.29) is 24.8 Å². The number of halogens is 2. The number of nitrogens with zero attached hydrogens (tertiary/aromatic N) is 1. The first-order valence-corrected chi connectivity index (χ1v) is 9.19. The minimum Gasteiger partial charge on any atom is -0.467 e. The second-order valence-corrected chi connectivity index (χ2v) is 8.09. The molecule has 0 spiro atoms. The van der Waals surface area contributed by atoms with Crippen molar-refractivity contribution in [3.8, 4) is 5.75 Å². The number of nitrogens with two attached hydrogens (primary N) is 1. The van der Waals surface area contributed by atoms with Crippen molar-refractivity contribution in [3.05, 3.63) is 27.7 Å². The van der Waals surface area contributed by atoms with Crippen molar-refractivity contribution in [3.63, 3.8) is 0 Å². The molecule has 0 saturated carbocycles. The number of carbonyl (C=O) groups excluding carboxylic acids is 2. The van der Waals surface area contributed by atoms with Crippen molar-refractivity contribution in [2.24, 2.45) is 11.7 Å². The van der Waals surface area contributed by atoms with Gasteiger partial charge in [-0.25, -0.2) is 4.79 Å². The smallest absolute Gasteiger partial charge is 0.410 e. The Bertz CT molecular complexity index is 720. The van der Waals surface area contributed by atoms with Gasteiger partial charge in [-0.3, -0.25) is 4.79 Å². The molecule has 9 heteroatoms. The van der Waals surface area contributed by atoms with E-state index in [1.54, 1.807) is 32.9 Å². The van der Waals surface area contributed by atoms with Crippen LogP contribution in [0.1, 0.15) is 38.8 Å². The van der Waals surface area contributed by atoms with Crippen LogP contribution in [0.4, 0.5) is 4.79 Å². The number of amides is 2. The van der Waals surface area contributed by atoms with E-state index in [2.05, 4.69) is 0 Å². The van der Waals surface area contributed by atoms with Gasteiger partial charge >= 0.3 is 6.09 Å². The van der Waals surface area contributed by atoms with Crippen LogP contribution in [-0.2, 0) is 14.3 Å². The van der Waals surface area contributed by atoms with E-state index >= 15 is 0 Å². The average Bonchev–Trinajstić information content (AvgIpc) is 2.99. The van der Waals surface area contributed by atoms with Crippen molar-refractivity contribution < 1.29 is 23.8 Å². The number of likely N-dealkylation sites (tertiary alicyclic amines) is 1. The Balaban J connectivity index is 2.47. The predicted molar refractivity (Wildman–Crippen MR) is 102 cm³/mol. The van der Waals surface area contributed by atoms with Gasteiger partial charge in [-0.1, -0.05) is 23.2 Å². The molecule has 2 N–H and O–H groups in total. The molecule has 2 amide bonds. The zero-order valence-electron chi connectivity index (χ0n) is 15.8. The van der Waals surface area contributed by atoms with E-state index in [0.29, 0.717) is 16.3 Å². The van der Waals surface area contributed by atoms with Crippen LogP contribution >= 0.6 is 23.2 Å². The molecule has 1 aromatic rings. The van der Waals surface area contributed by atoms with Crippen LogP contribution in [0, 0.1) is 5.92 Å². The SMILES string of the molecule is COCOc1ccc(Cl)c(Cl)c1[C@H]1C[C@@H](C(N)=O)CN1C(=O)OC(C)(C)C. The van der Waals surface area contributed by atoms with E-state index in [9.17, 15) is 9.59 Å². The van der Waals surface area contributed by atoms with E-state index < -0.39 is 29.6 Å². The minimum absolute atomic E-state index is 0.0105. The molecule has 2 rings (SSSR count). The number of methoxy groups -OCH3 is 1. The van der Waals surface area contributed by atoms with E-state index in [0.717, 1.165) is 0 Å². The molecule has 0 aliphatic carbocycles. The lowest BCUT2D eigenvalue weighted by Gasteiger charge is -2.30. The van der Waals surface area contributed by atoms with Gasteiger partial charge < -0.3 is 24.8 Å². The highest BCUT2D eigenvalue weighted by Gasteiger charge is 2.42. The Morgan fingerprint density at radius 3 is 2.52 bits per heavy atom. The second-order valence-electron chi connectivity index (χ2n) is 7.31. The fraction of sp³-hybridized carbons (Fsp3) is 0.556. The molecule has 150 valence electrons. The summed E-state index contributed by atoms with van der Waals surface area (Å²) in [4.78, 5) is 26.0. The maximum absolute atomic E-state index is 12.7. The van der Waals surface area contributed by atoms with E-state index in [1.807, 2.05) is 0 Å². The summed E-state index contributed by atoms with van der Waals surface area (Å²) in [5.74, 6) is -0.619. The summed E-state index contributed by atoms with van der Waals surface area (Å²) >= 11 is 12.6. The topological polar surface area (TPSA) is 91.1 Å². The third-order valence-corrected chi connectivity index (χ3v) is 4.91. The molecule has 0 radical (unpaired) electrons. The summed E-state index contributed by atoms with van der Waals surface area (Å²) in [5, 5.41) is 0.553. The summed E-state index contributed by atoms with van der Waals surface area (Å²) in [6.45, 7) is 5.41. The van der Waals surface area contributed by atoms with E-state index in [4.69, 9.17) is 43.1 Å². The minimum atomic E-state index is -0.694. The van der Waals surface area contributed by atoms with Gasteiger partial charge in [0, 0.05) is 19.2 Å². The molecule has 0 bridgehead atoms. The van der Waals surface area contributed by atoms with Crippen LogP contribution in [0.3, 0.4) is 0 Å². The molecule has 7 nitrogen and oxygen atoms in total. The first-order valence-electron chi connectivity index (χ1n) is 8.43. The standard InChI is InChI=1S/C18H24Cl2N2O5/c1-18(2,3)27-17(24)22-8-10(16(21)23)7-12(22)14-13(26-9-25-4)6-5-11(19)15(14)20/h5-6,10,12H,7-9H2,1-4H3,(H2,21,23)/t10-,12-/m1/s1. The van der Waals surface area contributed by atoms with Crippen LogP contribution in [-0.4, -0.2) is 42.9 Å². The van der Waals surface area contributed by atoms with E-state index in [1.165, 1.54) is 12.0 Å². The average molecular weight is 419 g/mol. The lowest BCUT2D eigenvalue weighted by atomic mass is 9.98. The fourth-order valence-electron chi connectivity index (χ4n) is 2.95.